The zero-order chi connectivity index (χ0) is 12.9. The zero-order valence-corrected chi connectivity index (χ0v) is 9.55. The van der Waals surface area contributed by atoms with Gasteiger partial charge in [-0.25, -0.2) is 0 Å². The third-order valence-corrected chi connectivity index (χ3v) is 2.31. The molecule has 0 radical (unpaired) electrons. The summed E-state index contributed by atoms with van der Waals surface area (Å²) in [6.07, 6.45) is -3.30. The number of alkyl halides is 3. The number of nitrogens with one attached hydrogen (secondary N) is 1. The molecule has 0 aromatic heterocycles. The predicted molar refractivity (Wildman–Crippen MR) is 53.5 cm³/mol. The van der Waals surface area contributed by atoms with Gasteiger partial charge in [0, 0.05) is 6.04 Å². The molecule has 1 aliphatic rings. The summed E-state index contributed by atoms with van der Waals surface area (Å²) in [5.41, 5.74) is 0. The van der Waals surface area contributed by atoms with E-state index in [1.54, 1.807) is 0 Å². The molecule has 0 spiro atoms. The Kier molecular flexibility index (Phi) is 5.20. The molecule has 1 N–H and O–H groups in total. The van der Waals surface area contributed by atoms with Gasteiger partial charge in [0.1, 0.15) is 6.04 Å². The van der Waals surface area contributed by atoms with Crippen LogP contribution in [0.1, 0.15) is 19.3 Å². The quantitative estimate of drug-likeness (QED) is 0.549. The molecule has 1 unspecified atom stereocenters. The van der Waals surface area contributed by atoms with Crippen molar-refractivity contribution in [2.75, 3.05) is 20.3 Å². The van der Waals surface area contributed by atoms with Crippen LogP contribution in [0.25, 0.3) is 0 Å². The van der Waals surface area contributed by atoms with Crippen LogP contribution in [0.15, 0.2) is 0 Å². The first-order chi connectivity index (χ1) is 7.92. The van der Waals surface area contributed by atoms with Crippen LogP contribution in [0, 0.1) is 0 Å². The van der Waals surface area contributed by atoms with E-state index in [0.717, 1.165) is 12.8 Å². The van der Waals surface area contributed by atoms with E-state index in [0.29, 0.717) is 0 Å². The monoisotopic (exact) mass is 255 g/mol. The van der Waals surface area contributed by atoms with Crippen molar-refractivity contribution in [2.24, 2.45) is 0 Å². The van der Waals surface area contributed by atoms with Crippen LogP contribution in [-0.2, 0) is 14.3 Å². The van der Waals surface area contributed by atoms with Gasteiger partial charge in [0.05, 0.1) is 26.7 Å². The number of carbonyl (C=O) groups is 1. The van der Waals surface area contributed by atoms with E-state index < -0.39 is 31.2 Å². The van der Waals surface area contributed by atoms with Crippen LogP contribution in [-0.4, -0.2) is 44.6 Å². The van der Waals surface area contributed by atoms with Crippen molar-refractivity contribution in [3.63, 3.8) is 0 Å². The van der Waals surface area contributed by atoms with Crippen molar-refractivity contribution in [1.29, 1.82) is 0 Å². The van der Waals surface area contributed by atoms with Crippen molar-refractivity contribution in [2.45, 2.75) is 37.5 Å². The molecule has 0 saturated heterocycles. The SMILES string of the molecule is COC(=O)C(COCCC(F)(F)F)NC1CC1. The fraction of sp³-hybridized carbons (Fsp3) is 0.900. The summed E-state index contributed by atoms with van der Waals surface area (Å²) in [6.45, 7) is -0.539. The average molecular weight is 255 g/mol. The van der Waals surface area contributed by atoms with E-state index in [9.17, 15) is 18.0 Å². The van der Waals surface area contributed by atoms with Crippen LogP contribution in [0.4, 0.5) is 13.2 Å². The highest BCUT2D eigenvalue weighted by Gasteiger charge is 2.30. The van der Waals surface area contributed by atoms with E-state index in [2.05, 4.69) is 10.1 Å². The summed E-state index contributed by atoms with van der Waals surface area (Å²) in [6, 6.07) is -0.425. The second-order valence-electron chi connectivity index (χ2n) is 3.96. The van der Waals surface area contributed by atoms with Gasteiger partial charge in [-0.05, 0) is 12.8 Å². The van der Waals surface area contributed by atoms with Gasteiger partial charge in [-0.3, -0.25) is 10.1 Å². The molecule has 1 fully saturated rings. The molecule has 0 heterocycles. The maximum absolute atomic E-state index is 11.8. The maximum Gasteiger partial charge on any atom is 0.391 e. The van der Waals surface area contributed by atoms with Gasteiger partial charge in [-0.15, -0.1) is 0 Å². The standard InChI is InChI=1S/C10H16F3NO3/c1-16-9(15)8(14-7-2-3-7)6-17-5-4-10(11,12)13/h7-8,14H,2-6H2,1H3. The molecule has 0 amide bonds. The molecule has 1 rings (SSSR count). The number of esters is 1. The Morgan fingerprint density at radius 3 is 2.59 bits per heavy atom. The van der Waals surface area contributed by atoms with E-state index >= 15 is 0 Å². The first-order valence-corrected chi connectivity index (χ1v) is 5.41. The average Bonchev–Trinajstić information content (AvgIpc) is 3.03. The first kappa shape index (κ1) is 14.2. The van der Waals surface area contributed by atoms with Crippen LogP contribution >= 0.6 is 0 Å². The zero-order valence-electron chi connectivity index (χ0n) is 9.55. The number of hydrogen-bond acceptors (Lipinski definition) is 4. The van der Waals surface area contributed by atoms with Gasteiger partial charge in [-0.2, -0.15) is 13.2 Å². The van der Waals surface area contributed by atoms with E-state index in [4.69, 9.17) is 4.74 Å². The fourth-order valence-corrected chi connectivity index (χ4v) is 1.25. The summed E-state index contributed by atoms with van der Waals surface area (Å²) < 4.78 is 44.9. The molecule has 0 bridgehead atoms. The minimum atomic E-state index is -4.23. The molecule has 7 heteroatoms. The highest BCUT2D eigenvalue weighted by atomic mass is 19.4. The highest BCUT2D eigenvalue weighted by molar-refractivity contribution is 5.75. The number of methoxy groups -OCH3 is 1. The molecule has 1 atom stereocenters. The lowest BCUT2D eigenvalue weighted by molar-refractivity contribution is -0.150. The lowest BCUT2D eigenvalue weighted by Gasteiger charge is -2.16. The van der Waals surface area contributed by atoms with Gasteiger partial charge < -0.3 is 9.47 Å². The summed E-state index contributed by atoms with van der Waals surface area (Å²) in [4.78, 5) is 11.3. The molecule has 0 aliphatic heterocycles. The van der Waals surface area contributed by atoms with Crippen molar-refractivity contribution in [3.05, 3.63) is 0 Å². The van der Waals surface area contributed by atoms with E-state index in [1.165, 1.54) is 7.11 Å². The maximum atomic E-state index is 11.8. The summed E-state index contributed by atoms with van der Waals surface area (Å²) in [5, 5.41) is 2.96. The molecule has 1 saturated carbocycles. The van der Waals surface area contributed by atoms with E-state index in [-0.39, 0.29) is 12.6 Å². The largest absolute Gasteiger partial charge is 0.468 e. The predicted octanol–water partition coefficient (Wildman–Crippen LogP) is 1.25. The molecule has 1 aliphatic carbocycles. The van der Waals surface area contributed by atoms with Crippen LogP contribution in [0.2, 0.25) is 0 Å². The Labute approximate surface area is 97.5 Å². The summed E-state index contributed by atoms with van der Waals surface area (Å²) in [5.74, 6) is -0.510. The van der Waals surface area contributed by atoms with Crippen LogP contribution < -0.4 is 5.32 Å². The first-order valence-electron chi connectivity index (χ1n) is 5.41. The normalized spacial score (nSPS) is 17.9. The highest BCUT2D eigenvalue weighted by Crippen LogP contribution is 2.20. The third kappa shape index (κ3) is 6.48. The van der Waals surface area contributed by atoms with Crippen LogP contribution in [0.3, 0.4) is 0 Å². The topological polar surface area (TPSA) is 47.6 Å². The lowest BCUT2D eigenvalue weighted by Crippen LogP contribution is -2.42. The van der Waals surface area contributed by atoms with Gasteiger partial charge in [0.2, 0.25) is 0 Å². The summed E-state index contributed by atoms with van der Waals surface area (Å²) in [7, 11) is 1.24. The van der Waals surface area contributed by atoms with E-state index in [1.807, 2.05) is 0 Å². The van der Waals surface area contributed by atoms with Gasteiger partial charge in [0.15, 0.2) is 0 Å². The molecular formula is C10H16F3NO3. The minimum absolute atomic E-state index is 0.0980. The lowest BCUT2D eigenvalue weighted by atomic mass is 10.3. The number of carbonyl (C=O) groups excluding carboxylic acids is 1. The number of rotatable bonds is 7. The second kappa shape index (κ2) is 6.20. The molecule has 0 aromatic rings. The number of hydrogen-bond donors (Lipinski definition) is 1. The second-order valence-corrected chi connectivity index (χ2v) is 3.96. The Balaban J connectivity index is 2.21. The smallest absolute Gasteiger partial charge is 0.391 e. The Hall–Kier alpha value is -0.820. The number of halogens is 3. The Bertz CT molecular complexity index is 254. The van der Waals surface area contributed by atoms with Crippen molar-refractivity contribution >= 4 is 5.97 Å². The van der Waals surface area contributed by atoms with Crippen molar-refractivity contribution in [1.82, 2.24) is 5.32 Å². The van der Waals surface area contributed by atoms with Crippen molar-refractivity contribution < 1.29 is 27.4 Å². The minimum Gasteiger partial charge on any atom is -0.468 e. The molecule has 17 heavy (non-hydrogen) atoms. The molecule has 0 aromatic carbocycles. The van der Waals surface area contributed by atoms with Gasteiger partial charge >= 0.3 is 12.1 Å². The Morgan fingerprint density at radius 1 is 1.47 bits per heavy atom. The van der Waals surface area contributed by atoms with Gasteiger partial charge in [0.25, 0.3) is 0 Å². The summed E-state index contributed by atoms with van der Waals surface area (Å²) >= 11 is 0. The third-order valence-electron chi connectivity index (χ3n) is 2.31. The Morgan fingerprint density at radius 2 is 2.12 bits per heavy atom. The van der Waals surface area contributed by atoms with Crippen molar-refractivity contribution in [3.8, 4) is 0 Å². The fourth-order valence-electron chi connectivity index (χ4n) is 1.25. The van der Waals surface area contributed by atoms with Crippen LogP contribution in [0.5, 0.6) is 0 Å². The number of ether oxygens (including phenoxy) is 2. The molecular weight excluding hydrogens is 239 g/mol. The molecule has 100 valence electrons. The molecule has 4 nitrogen and oxygen atoms in total. The van der Waals surface area contributed by atoms with Gasteiger partial charge in [-0.1, -0.05) is 0 Å².